The maximum absolute atomic E-state index is 6.03. The molecule has 0 aliphatic heterocycles. The fourth-order valence-corrected chi connectivity index (χ4v) is 1.62. The van der Waals surface area contributed by atoms with Crippen molar-refractivity contribution in [2.24, 2.45) is 0 Å². The molecular weight excluding hydrogens is 261 g/mol. The zero-order valence-corrected chi connectivity index (χ0v) is 10.5. The number of hydrogen-bond acceptors (Lipinski definition) is 3. The van der Waals surface area contributed by atoms with Gasteiger partial charge in [0.05, 0.1) is 12.1 Å². The van der Waals surface area contributed by atoms with Crippen LogP contribution in [0, 0.1) is 0 Å². The standard InChI is InChI=1S/C12H9Cl2NO2/c1-16-8-5-6-10(9(13)7-8)17-12-4-2-3-11(14)15-12/h2-7H,1H3. The molecule has 2 rings (SSSR count). The first kappa shape index (κ1) is 12.0. The Morgan fingerprint density at radius 3 is 2.59 bits per heavy atom. The SMILES string of the molecule is COc1ccc(Oc2cccc(Cl)n2)c(Cl)c1. The Labute approximate surface area is 109 Å². The molecule has 0 amide bonds. The van der Waals surface area contributed by atoms with Crippen LogP contribution in [-0.2, 0) is 0 Å². The molecule has 0 radical (unpaired) electrons. The lowest BCUT2D eigenvalue weighted by Crippen LogP contribution is -1.89. The average Bonchev–Trinajstić information content (AvgIpc) is 2.32. The Morgan fingerprint density at radius 1 is 1.12 bits per heavy atom. The Hall–Kier alpha value is -1.45. The third-order valence-corrected chi connectivity index (χ3v) is 2.55. The van der Waals surface area contributed by atoms with Gasteiger partial charge in [0.25, 0.3) is 0 Å². The summed E-state index contributed by atoms with van der Waals surface area (Å²) in [6.45, 7) is 0. The van der Waals surface area contributed by atoms with Crippen molar-refractivity contribution in [3.05, 3.63) is 46.6 Å². The molecule has 0 unspecified atom stereocenters. The predicted octanol–water partition coefficient (Wildman–Crippen LogP) is 4.19. The molecular formula is C12H9Cl2NO2. The first-order chi connectivity index (χ1) is 8.19. The zero-order chi connectivity index (χ0) is 12.3. The quantitative estimate of drug-likeness (QED) is 0.783. The van der Waals surface area contributed by atoms with Gasteiger partial charge >= 0.3 is 0 Å². The van der Waals surface area contributed by atoms with E-state index >= 15 is 0 Å². The number of ether oxygens (including phenoxy) is 2. The molecule has 0 atom stereocenters. The van der Waals surface area contributed by atoms with Crippen molar-refractivity contribution in [3.63, 3.8) is 0 Å². The van der Waals surface area contributed by atoms with Crippen molar-refractivity contribution in [2.75, 3.05) is 7.11 Å². The van der Waals surface area contributed by atoms with Gasteiger partial charge in [-0.05, 0) is 18.2 Å². The zero-order valence-electron chi connectivity index (χ0n) is 8.98. The van der Waals surface area contributed by atoms with Crippen molar-refractivity contribution in [3.8, 4) is 17.4 Å². The smallest absolute Gasteiger partial charge is 0.220 e. The van der Waals surface area contributed by atoms with Gasteiger partial charge in [0.15, 0.2) is 0 Å². The van der Waals surface area contributed by atoms with Crippen LogP contribution in [0.3, 0.4) is 0 Å². The highest BCUT2D eigenvalue weighted by molar-refractivity contribution is 6.32. The van der Waals surface area contributed by atoms with Crippen LogP contribution in [0.1, 0.15) is 0 Å². The van der Waals surface area contributed by atoms with Crippen LogP contribution >= 0.6 is 23.2 Å². The lowest BCUT2D eigenvalue weighted by molar-refractivity contribution is 0.412. The summed E-state index contributed by atoms with van der Waals surface area (Å²) in [6.07, 6.45) is 0. The van der Waals surface area contributed by atoms with E-state index in [1.54, 1.807) is 43.5 Å². The van der Waals surface area contributed by atoms with Crippen LogP contribution in [0.4, 0.5) is 0 Å². The summed E-state index contributed by atoms with van der Waals surface area (Å²) in [6, 6.07) is 10.3. The highest BCUT2D eigenvalue weighted by atomic mass is 35.5. The van der Waals surface area contributed by atoms with E-state index in [1.165, 1.54) is 0 Å². The molecule has 17 heavy (non-hydrogen) atoms. The number of halogens is 2. The van der Waals surface area contributed by atoms with E-state index in [-0.39, 0.29) is 0 Å². The molecule has 0 saturated carbocycles. The summed E-state index contributed by atoms with van der Waals surface area (Å²) in [5.41, 5.74) is 0. The van der Waals surface area contributed by atoms with Crippen LogP contribution in [0.25, 0.3) is 0 Å². The van der Waals surface area contributed by atoms with Gasteiger partial charge in [0.2, 0.25) is 5.88 Å². The first-order valence-electron chi connectivity index (χ1n) is 4.83. The Kier molecular flexibility index (Phi) is 3.71. The van der Waals surface area contributed by atoms with Crippen LogP contribution in [-0.4, -0.2) is 12.1 Å². The molecule has 0 saturated heterocycles. The van der Waals surface area contributed by atoms with Gasteiger partial charge in [-0.3, -0.25) is 0 Å². The first-order valence-corrected chi connectivity index (χ1v) is 5.58. The second-order valence-electron chi connectivity index (χ2n) is 3.20. The topological polar surface area (TPSA) is 31.4 Å². The highest BCUT2D eigenvalue weighted by Crippen LogP contribution is 2.31. The molecule has 3 nitrogen and oxygen atoms in total. The monoisotopic (exact) mass is 269 g/mol. The van der Waals surface area contributed by atoms with E-state index in [9.17, 15) is 0 Å². The van der Waals surface area contributed by atoms with Gasteiger partial charge < -0.3 is 9.47 Å². The highest BCUT2D eigenvalue weighted by Gasteiger charge is 2.05. The van der Waals surface area contributed by atoms with Gasteiger partial charge in [-0.2, -0.15) is 0 Å². The number of aromatic nitrogens is 1. The number of nitrogens with zero attached hydrogens (tertiary/aromatic N) is 1. The van der Waals surface area contributed by atoms with Crippen molar-refractivity contribution in [1.82, 2.24) is 4.98 Å². The number of rotatable bonds is 3. The maximum Gasteiger partial charge on any atom is 0.220 e. The molecule has 2 aromatic rings. The number of hydrogen-bond donors (Lipinski definition) is 0. The van der Waals surface area contributed by atoms with Crippen LogP contribution < -0.4 is 9.47 Å². The minimum atomic E-state index is 0.368. The van der Waals surface area contributed by atoms with E-state index < -0.39 is 0 Å². The molecule has 0 N–H and O–H groups in total. The van der Waals surface area contributed by atoms with Crippen LogP contribution in [0.15, 0.2) is 36.4 Å². The van der Waals surface area contributed by atoms with Crippen molar-refractivity contribution in [2.45, 2.75) is 0 Å². The minimum absolute atomic E-state index is 0.368. The predicted molar refractivity (Wildman–Crippen MR) is 67.3 cm³/mol. The lowest BCUT2D eigenvalue weighted by Gasteiger charge is -2.08. The normalized spacial score (nSPS) is 10.1. The van der Waals surface area contributed by atoms with E-state index in [1.807, 2.05) is 0 Å². The molecule has 0 fully saturated rings. The van der Waals surface area contributed by atoms with Crippen molar-refractivity contribution < 1.29 is 9.47 Å². The molecule has 1 heterocycles. The van der Waals surface area contributed by atoms with Gasteiger partial charge in [0, 0.05) is 12.1 Å². The molecule has 88 valence electrons. The Balaban J connectivity index is 2.24. The average molecular weight is 270 g/mol. The van der Waals surface area contributed by atoms with Crippen LogP contribution in [0.2, 0.25) is 10.2 Å². The summed E-state index contributed by atoms with van der Waals surface area (Å²) < 4.78 is 10.5. The van der Waals surface area contributed by atoms with E-state index in [0.717, 1.165) is 0 Å². The van der Waals surface area contributed by atoms with Gasteiger partial charge in [-0.25, -0.2) is 4.98 Å². The fraction of sp³-hybridized carbons (Fsp3) is 0.0833. The summed E-state index contributed by atoms with van der Waals surface area (Å²) in [7, 11) is 1.57. The summed E-state index contributed by atoms with van der Waals surface area (Å²) in [5, 5.41) is 0.818. The van der Waals surface area contributed by atoms with Gasteiger partial charge in [-0.15, -0.1) is 0 Å². The second kappa shape index (κ2) is 5.25. The number of benzene rings is 1. The largest absolute Gasteiger partial charge is 0.497 e. The van der Waals surface area contributed by atoms with Crippen LogP contribution in [0.5, 0.6) is 17.4 Å². The van der Waals surface area contributed by atoms with Crippen molar-refractivity contribution >= 4 is 23.2 Å². The number of pyridine rings is 1. The third-order valence-electron chi connectivity index (χ3n) is 2.04. The van der Waals surface area contributed by atoms with Crippen molar-refractivity contribution in [1.29, 1.82) is 0 Å². The van der Waals surface area contributed by atoms with E-state index in [2.05, 4.69) is 4.98 Å². The minimum Gasteiger partial charge on any atom is -0.497 e. The lowest BCUT2D eigenvalue weighted by atomic mass is 10.3. The second-order valence-corrected chi connectivity index (χ2v) is 3.99. The van der Waals surface area contributed by atoms with E-state index in [4.69, 9.17) is 32.7 Å². The molecule has 0 aliphatic carbocycles. The summed E-state index contributed by atoms with van der Waals surface area (Å²) in [4.78, 5) is 4.01. The molecule has 0 spiro atoms. The third kappa shape index (κ3) is 3.02. The van der Waals surface area contributed by atoms with Gasteiger partial charge in [0.1, 0.15) is 16.7 Å². The molecule has 0 aliphatic rings. The Morgan fingerprint density at radius 2 is 1.94 bits per heavy atom. The summed E-state index contributed by atoms with van der Waals surface area (Å²) in [5.74, 6) is 1.56. The number of methoxy groups -OCH3 is 1. The van der Waals surface area contributed by atoms with E-state index in [0.29, 0.717) is 27.6 Å². The Bertz CT molecular complexity index is 532. The van der Waals surface area contributed by atoms with Gasteiger partial charge in [-0.1, -0.05) is 29.3 Å². The maximum atomic E-state index is 6.03. The molecule has 1 aromatic heterocycles. The summed E-state index contributed by atoms with van der Waals surface area (Å²) >= 11 is 11.8. The fourth-order valence-electron chi connectivity index (χ4n) is 1.25. The molecule has 0 bridgehead atoms. The molecule has 1 aromatic carbocycles. The molecule has 5 heteroatoms.